The van der Waals surface area contributed by atoms with Crippen molar-refractivity contribution in [1.29, 1.82) is 0 Å². The Labute approximate surface area is 182 Å². The van der Waals surface area contributed by atoms with Crippen molar-refractivity contribution in [2.24, 2.45) is 0 Å². The van der Waals surface area contributed by atoms with Crippen LogP contribution in [0, 0.1) is 5.82 Å². The fourth-order valence-corrected chi connectivity index (χ4v) is 3.46. The lowest BCUT2D eigenvalue weighted by Gasteiger charge is -2.08. The Hall–Kier alpha value is -4.33. The molecule has 0 bridgehead atoms. The summed E-state index contributed by atoms with van der Waals surface area (Å²) in [4.78, 5) is 17.9. The average Bonchev–Trinajstić information content (AvgIpc) is 3.48. The van der Waals surface area contributed by atoms with Crippen molar-refractivity contribution >= 4 is 22.7 Å². The Morgan fingerprint density at radius 3 is 2.56 bits per heavy atom. The second-order valence-electron chi connectivity index (χ2n) is 7.15. The standard InChI is InChI=1S/C24H18FN5O2/c1-2-30-13-12-19(28-30)20-14-18(23(31)26-17-10-8-16(25)9-11-17)21-22(29-32-24(21)27-20)15-6-4-3-5-7-15/h3-14H,2H2,1H3,(H,26,31). The van der Waals surface area contributed by atoms with Crippen LogP contribution in [0.4, 0.5) is 10.1 Å². The van der Waals surface area contributed by atoms with Gasteiger partial charge in [-0.15, -0.1) is 0 Å². The molecule has 0 aliphatic carbocycles. The van der Waals surface area contributed by atoms with Gasteiger partial charge < -0.3 is 9.84 Å². The number of rotatable bonds is 5. The normalized spacial score (nSPS) is 11.1. The zero-order chi connectivity index (χ0) is 22.1. The molecule has 0 aliphatic rings. The molecule has 7 nitrogen and oxygen atoms in total. The molecule has 0 saturated carbocycles. The van der Waals surface area contributed by atoms with Crippen LogP contribution in [0.3, 0.4) is 0 Å². The summed E-state index contributed by atoms with van der Waals surface area (Å²) in [5, 5.41) is 12.0. The van der Waals surface area contributed by atoms with Crippen molar-refractivity contribution in [2.45, 2.75) is 13.5 Å². The van der Waals surface area contributed by atoms with E-state index in [2.05, 4.69) is 20.6 Å². The number of amides is 1. The van der Waals surface area contributed by atoms with Crippen LogP contribution in [0.25, 0.3) is 33.7 Å². The molecule has 0 spiro atoms. The molecule has 1 amide bonds. The Balaban J connectivity index is 1.66. The minimum atomic E-state index is -0.388. The van der Waals surface area contributed by atoms with Gasteiger partial charge in [0.05, 0.1) is 16.6 Å². The summed E-state index contributed by atoms with van der Waals surface area (Å²) in [7, 11) is 0. The first-order chi connectivity index (χ1) is 15.6. The maximum Gasteiger partial charge on any atom is 0.259 e. The summed E-state index contributed by atoms with van der Waals surface area (Å²) in [6.45, 7) is 2.69. The first-order valence-corrected chi connectivity index (χ1v) is 10.1. The van der Waals surface area contributed by atoms with Crippen LogP contribution >= 0.6 is 0 Å². The Bertz CT molecular complexity index is 1410. The van der Waals surface area contributed by atoms with Crippen molar-refractivity contribution in [3.05, 3.63) is 84.3 Å². The van der Waals surface area contributed by atoms with Crippen molar-refractivity contribution in [1.82, 2.24) is 19.9 Å². The molecule has 3 heterocycles. The van der Waals surface area contributed by atoms with Crippen LogP contribution in [-0.2, 0) is 6.54 Å². The van der Waals surface area contributed by atoms with Gasteiger partial charge in [-0.3, -0.25) is 9.48 Å². The van der Waals surface area contributed by atoms with Crippen LogP contribution < -0.4 is 5.32 Å². The van der Waals surface area contributed by atoms with Gasteiger partial charge in [-0.05, 0) is 43.3 Å². The highest BCUT2D eigenvalue weighted by Crippen LogP contribution is 2.32. The number of nitrogens with zero attached hydrogens (tertiary/aromatic N) is 4. The minimum absolute atomic E-state index is 0.233. The molecule has 0 unspecified atom stereocenters. The quantitative estimate of drug-likeness (QED) is 0.418. The summed E-state index contributed by atoms with van der Waals surface area (Å²) in [6, 6.07) is 18.5. The summed E-state index contributed by atoms with van der Waals surface area (Å²) in [5.74, 6) is -0.769. The lowest BCUT2D eigenvalue weighted by molar-refractivity contribution is 0.102. The zero-order valence-electron chi connectivity index (χ0n) is 17.1. The van der Waals surface area contributed by atoms with Gasteiger partial charge in [0.1, 0.15) is 17.2 Å². The van der Waals surface area contributed by atoms with Gasteiger partial charge >= 0.3 is 0 Å². The summed E-state index contributed by atoms with van der Waals surface area (Å²) < 4.78 is 20.6. The number of nitrogens with one attached hydrogen (secondary N) is 1. The third-order valence-corrected chi connectivity index (χ3v) is 5.07. The topological polar surface area (TPSA) is 85.8 Å². The smallest absolute Gasteiger partial charge is 0.259 e. The van der Waals surface area contributed by atoms with E-state index in [1.54, 1.807) is 10.7 Å². The van der Waals surface area contributed by atoms with E-state index in [1.165, 1.54) is 24.3 Å². The van der Waals surface area contributed by atoms with E-state index in [0.29, 0.717) is 40.3 Å². The fraction of sp³-hybridized carbons (Fsp3) is 0.0833. The molecule has 0 fully saturated rings. The van der Waals surface area contributed by atoms with Gasteiger partial charge in [0.25, 0.3) is 11.6 Å². The number of pyridine rings is 1. The predicted molar refractivity (Wildman–Crippen MR) is 118 cm³/mol. The van der Waals surface area contributed by atoms with Crippen LogP contribution in [-0.4, -0.2) is 25.8 Å². The van der Waals surface area contributed by atoms with Crippen LogP contribution in [0.1, 0.15) is 17.3 Å². The number of hydrogen-bond donors (Lipinski definition) is 1. The fourth-order valence-electron chi connectivity index (χ4n) is 3.46. The third kappa shape index (κ3) is 3.62. The van der Waals surface area contributed by atoms with Crippen LogP contribution in [0.15, 0.2) is 77.4 Å². The Kier molecular flexibility index (Phi) is 4.95. The Morgan fingerprint density at radius 2 is 1.84 bits per heavy atom. The van der Waals surface area contributed by atoms with Gasteiger partial charge in [0.15, 0.2) is 0 Å². The molecule has 0 radical (unpaired) electrons. The van der Waals surface area contributed by atoms with Crippen molar-refractivity contribution < 1.29 is 13.7 Å². The Morgan fingerprint density at radius 1 is 1.06 bits per heavy atom. The van der Waals surface area contributed by atoms with Crippen molar-refractivity contribution in [3.8, 4) is 22.6 Å². The number of benzene rings is 2. The van der Waals surface area contributed by atoms with E-state index in [4.69, 9.17) is 4.52 Å². The van der Waals surface area contributed by atoms with E-state index in [9.17, 15) is 9.18 Å². The second-order valence-corrected chi connectivity index (χ2v) is 7.15. The van der Waals surface area contributed by atoms with Gasteiger partial charge in [0, 0.05) is 24.0 Å². The highest BCUT2D eigenvalue weighted by atomic mass is 19.1. The monoisotopic (exact) mass is 427 g/mol. The minimum Gasteiger partial charge on any atom is -0.335 e. The largest absolute Gasteiger partial charge is 0.335 e. The van der Waals surface area contributed by atoms with Gasteiger partial charge in [0.2, 0.25) is 0 Å². The summed E-state index contributed by atoms with van der Waals surface area (Å²) in [5.41, 5.74) is 3.45. The molecule has 0 saturated heterocycles. The van der Waals surface area contributed by atoms with Crippen LogP contribution in [0.5, 0.6) is 0 Å². The van der Waals surface area contributed by atoms with E-state index < -0.39 is 0 Å². The lowest BCUT2D eigenvalue weighted by Crippen LogP contribution is -2.13. The number of carbonyl (C=O) groups is 1. The second kappa shape index (κ2) is 8.07. The number of aromatic nitrogens is 4. The van der Waals surface area contributed by atoms with E-state index in [-0.39, 0.29) is 17.4 Å². The predicted octanol–water partition coefficient (Wildman–Crippen LogP) is 5.16. The lowest BCUT2D eigenvalue weighted by atomic mass is 10.0. The highest BCUT2D eigenvalue weighted by Gasteiger charge is 2.23. The molecule has 8 heteroatoms. The van der Waals surface area contributed by atoms with E-state index in [1.807, 2.05) is 49.5 Å². The number of fused-ring (bicyclic) bond motifs is 1. The third-order valence-electron chi connectivity index (χ3n) is 5.07. The maximum absolute atomic E-state index is 13.3. The average molecular weight is 427 g/mol. The molecular formula is C24H18FN5O2. The van der Waals surface area contributed by atoms with E-state index >= 15 is 0 Å². The molecular weight excluding hydrogens is 409 g/mol. The first kappa shape index (κ1) is 19.6. The van der Waals surface area contributed by atoms with E-state index in [0.717, 1.165) is 5.56 Å². The molecule has 0 atom stereocenters. The molecule has 32 heavy (non-hydrogen) atoms. The molecule has 158 valence electrons. The molecule has 3 aromatic heterocycles. The maximum atomic E-state index is 13.3. The number of aryl methyl sites for hydroxylation is 1. The number of carbonyl (C=O) groups excluding carboxylic acids is 1. The molecule has 2 aromatic carbocycles. The summed E-state index contributed by atoms with van der Waals surface area (Å²) in [6.07, 6.45) is 1.84. The molecule has 5 aromatic rings. The molecule has 5 rings (SSSR count). The molecule has 1 N–H and O–H groups in total. The number of halogens is 1. The SMILES string of the molecule is CCn1ccc(-c2cc(C(=O)Nc3ccc(F)cc3)c3c(-c4ccccc4)noc3n2)n1. The number of hydrogen-bond acceptors (Lipinski definition) is 5. The van der Waals surface area contributed by atoms with Crippen molar-refractivity contribution in [3.63, 3.8) is 0 Å². The van der Waals surface area contributed by atoms with Crippen LogP contribution in [0.2, 0.25) is 0 Å². The molecule has 0 aliphatic heterocycles. The first-order valence-electron chi connectivity index (χ1n) is 10.1. The van der Waals surface area contributed by atoms with Gasteiger partial charge in [-0.1, -0.05) is 35.5 Å². The highest BCUT2D eigenvalue weighted by molar-refractivity contribution is 6.15. The summed E-state index contributed by atoms with van der Waals surface area (Å²) >= 11 is 0. The number of anilines is 1. The zero-order valence-corrected chi connectivity index (χ0v) is 17.1. The van der Waals surface area contributed by atoms with Crippen molar-refractivity contribution in [2.75, 3.05) is 5.32 Å². The van der Waals surface area contributed by atoms with Gasteiger partial charge in [-0.25, -0.2) is 9.37 Å². The van der Waals surface area contributed by atoms with Gasteiger partial charge in [-0.2, -0.15) is 5.10 Å².